The zero-order valence-electron chi connectivity index (χ0n) is 11.6. The third-order valence-electron chi connectivity index (χ3n) is 3.60. The smallest absolute Gasteiger partial charge is 0.407 e. The first-order valence-corrected chi connectivity index (χ1v) is 8.40. The van der Waals surface area contributed by atoms with Crippen molar-refractivity contribution in [1.82, 2.24) is 5.32 Å². The summed E-state index contributed by atoms with van der Waals surface area (Å²) in [5, 5.41) is 1.60. The van der Waals surface area contributed by atoms with Crippen molar-refractivity contribution >= 4 is 16.2 Å². The van der Waals surface area contributed by atoms with Crippen LogP contribution in [0.1, 0.15) is 31.2 Å². The minimum absolute atomic E-state index is 0.121. The molecule has 21 heavy (non-hydrogen) atoms. The average molecular weight is 313 g/mol. The van der Waals surface area contributed by atoms with Crippen LogP contribution in [0.15, 0.2) is 30.3 Å². The Balaban J connectivity index is 1.89. The maximum absolute atomic E-state index is 11.7. The number of carbonyl (C=O) groups is 1. The summed E-state index contributed by atoms with van der Waals surface area (Å²) in [7, 11) is -4.16. The van der Waals surface area contributed by atoms with E-state index in [1.165, 1.54) is 0 Å². The predicted molar refractivity (Wildman–Crippen MR) is 77.4 cm³/mol. The molecule has 1 aliphatic carbocycles. The minimum atomic E-state index is -4.16. The largest absolute Gasteiger partial charge is 0.445 e. The maximum atomic E-state index is 11.7. The highest BCUT2D eigenvalue weighted by Crippen LogP contribution is 2.24. The fourth-order valence-electron chi connectivity index (χ4n) is 2.53. The highest BCUT2D eigenvalue weighted by molar-refractivity contribution is 7.86. The number of rotatable bonds is 4. The standard InChI is InChI=1S/C14H19NO5S/c16-14(20-10-11-6-2-1-3-7-11)15-12-8-4-5-9-13(12)21(17,18)19/h1-3,6-7,12-13H,4-5,8-10H2,(H,15,16)(H,17,18,19). The monoisotopic (exact) mass is 313 g/mol. The van der Waals surface area contributed by atoms with Crippen molar-refractivity contribution in [2.45, 2.75) is 43.6 Å². The van der Waals surface area contributed by atoms with E-state index in [4.69, 9.17) is 4.74 Å². The van der Waals surface area contributed by atoms with Crippen molar-refractivity contribution in [3.8, 4) is 0 Å². The van der Waals surface area contributed by atoms with Gasteiger partial charge in [0.15, 0.2) is 0 Å². The van der Waals surface area contributed by atoms with Gasteiger partial charge in [0.25, 0.3) is 10.1 Å². The molecule has 7 heteroatoms. The van der Waals surface area contributed by atoms with Gasteiger partial charge in [-0.3, -0.25) is 4.55 Å². The molecule has 1 aromatic carbocycles. The Bertz CT molecular complexity index is 572. The van der Waals surface area contributed by atoms with Crippen LogP contribution in [-0.2, 0) is 21.5 Å². The Morgan fingerprint density at radius 1 is 1.24 bits per heavy atom. The van der Waals surface area contributed by atoms with Gasteiger partial charge in [-0.05, 0) is 18.4 Å². The first kappa shape index (κ1) is 15.8. The van der Waals surface area contributed by atoms with E-state index in [9.17, 15) is 17.8 Å². The summed E-state index contributed by atoms with van der Waals surface area (Å²) in [6, 6.07) is 8.60. The molecule has 1 amide bonds. The van der Waals surface area contributed by atoms with Crippen molar-refractivity contribution < 1.29 is 22.5 Å². The molecule has 0 heterocycles. The van der Waals surface area contributed by atoms with E-state index in [0.29, 0.717) is 12.8 Å². The van der Waals surface area contributed by atoms with Crippen LogP contribution in [0.4, 0.5) is 4.79 Å². The summed E-state index contributed by atoms with van der Waals surface area (Å²) in [5.74, 6) is 0. The molecule has 1 fully saturated rings. The first-order chi connectivity index (χ1) is 9.97. The van der Waals surface area contributed by atoms with E-state index in [-0.39, 0.29) is 6.61 Å². The molecule has 0 bridgehead atoms. The lowest BCUT2D eigenvalue weighted by Crippen LogP contribution is -2.48. The molecule has 0 aliphatic heterocycles. The van der Waals surface area contributed by atoms with Crippen LogP contribution in [0.25, 0.3) is 0 Å². The lowest BCUT2D eigenvalue weighted by atomic mass is 9.95. The number of alkyl carbamates (subject to hydrolysis) is 1. The number of benzene rings is 1. The van der Waals surface area contributed by atoms with Crippen molar-refractivity contribution in [3.05, 3.63) is 35.9 Å². The molecule has 2 atom stereocenters. The van der Waals surface area contributed by atoms with Crippen LogP contribution in [-0.4, -0.2) is 30.4 Å². The number of hydrogen-bond donors (Lipinski definition) is 2. The molecule has 1 aliphatic rings. The van der Waals surface area contributed by atoms with Gasteiger partial charge in [-0.2, -0.15) is 8.42 Å². The zero-order valence-corrected chi connectivity index (χ0v) is 12.4. The van der Waals surface area contributed by atoms with Gasteiger partial charge in [-0.25, -0.2) is 4.79 Å². The molecule has 0 aromatic heterocycles. The first-order valence-electron chi connectivity index (χ1n) is 6.90. The molecule has 1 saturated carbocycles. The van der Waals surface area contributed by atoms with Gasteiger partial charge < -0.3 is 10.1 Å². The van der Waals surface area contributed by atoms with Crippen LogP contribution < -0.4 is 5.32 Å². The van der Waals surface area contributed by atoms with Gasteiger partial charge in [-0.1, -0.05) is 43.2 Å². The fraction of sp³-hybridized carbons (Fsp3) is 0.500. The van der Waals surface area contributed by atoms with Crippen molar-refractivity contribution in [3.63, 3.8) is 0 Å². The number of ether oxygens (including phenoxy) is 1. The van der Waals surface area contributed by atoms with Crippen LogP contribution in [0.2, 0.25) is 0 Å². The highest BCUT2D eigenvalue weighted by Gasteiger charge is 2.35. The summed E-state index contributed by atoms with van der Waals surface area (Å²) in [5.41, 5.74) is 0.850. The molecule has 6 nitrogen and oxygen atoms in total. The maximum Gasteiger partial charge on any atom is 0.407 e. The third-order valence-corrected chi connectivity index (χ3v) is 4.93. The number of carbonyl (C=O) groups excluding carboxylic acids is 1. The molecule has 0 saturated heterocycles. The van der Waals surface area contributed by atoms with Gasteiger partial charge in [-0.15, -0.1) is 0 Å². The summed E-state index contributed by atoms with van der Waals surface area (Å²) >= 11 is 0. The Labute approximate surface area is 124 Å². The van der Waals surface area contributed by atoms with Crippen LogP contribution in [0.5, 0.6) is 0 Å². The molecule has 0 spiro atoms. The summed E-state index contributed by atoms with van der Waals surface area (Å²) in [4.78, 5) is 11.7. The second-order valence-corrected chi connectivity index (χ2v) is 6.79. The molecule has 1 aromatic rings. The van der Waals surface area contributed by atoms with Crippen LogP contribution >= 0.6 is 0 Å². The van der Waals surface area contributed by atoms with Crippen LogP contribution in [0, 0.1) is 0 Å². The molecule has 116 valence electrons. The quantitative estimate of drug-likeness (QED) is 0.831. The van der Waals surface area contributed by atoms with Crippen molar-refractivity contribution in [2.75, 3.05) is 0 Å². The van der Waals surface area contributed by atoms with Crippen molar-refractivity contribution in [2.24, 2.45) is 0 Å². The lowest BCUT2D eigenvalue weighted by Gasteiger charge is -2.29. The van der Waals surface area contributed by atoms with Gasteiger partial charge in [0, 0.05) is 0 Å². The van der Waals surface area contributed by atoms with E-state index in [0.717, 1.165) is 18.4 Å². The second kappa shape index (κ2) is 6.91. The third kappa shape index (κ3) is 4.71. The Kier molecular flexibility index (Phi) is 5.19. The summed E-state index contributed by atoms with van der Waals surface area (Å²) in [6.07, 6.45) is 1.74. The van der Waals surface area contributed by atoms with E-state index < -0.39 is 27.5 Å². The van der Waals surface area contributed by atoms with Crippen LogP contribution in [0.3, 0.4) is 0 Å². The van der Waals surface area contributed by atoms with Gasteiger partial charge in [0.05, 0.1) is 6.04 Å². The Morgan fingerprint density at radius 2 is 1.90 bits per heavy atom. The highest BCUT2D eigenvalue weighted by atomic mass is 32.2. The number of nitrogens with one attached hydrogen (secondary N) is 1. The summed E-state index contributed by atoms with van der Waals surface area (Å²) < 4.78 is 36.9. The summed E-state index contributed by atoms with van der Waals surface area (Å²) in [6.45, 7) is 0.121. The molecular weight excluding hydrogens is 294 g/mol. The van der Waals surface area contributed by atoms with E-state index >= 15 is 0 Å². The number of hydrogen-bond acceptors (Lipinski definition) is 4. The van der Waals surface area contributed by atoms with E-state index in [1.807, 2.05) is 30.3 Å². The lowest BCUT2D eigenvalue weighted by molar-refractivity contribution is 0.133. The second-order valence-electron chi connectivity index (χ2n) is 5.15. The van der Waals surface area contributed by atoms with Gasteiger partial charge >= 0.3 is 6.09 Å². The normalized spacial score (nSPS) is 22.5. The predicted octanol–water partition coefficient (Wildman–Crippen LogP) is 2.11. The SMILES string of the molecule is O=C(NC1CCCCC1S(=O)(=O)O)OCc1ccccc1. The topological polar surface area (TPSA) is 92.7 Å². The molecule has 0 radical (unpaired) electrons. The van der Waals surface area contributed by atoms with E-state index in [2.05, 4.69) is 5.32 Å². The average Bonchev–Trinajstić information content (AvgIpc) is 2.46. The minimum Gasteiger partial charge on any atom is -0.445 e. The van der Waals surface area contributed by atoms with Gasteiger partial charge in [0.1, 0.15) is 11.9 Å². The Morgan fingerprint density at radius 3 is 2.57 bits per heavy atom. The van der Waals surface area contributed by atoms with Crippen molar-refractivity contribution in [1.29, 1.82) is 0 Å². The molecular formula is C14H19NO5S. The molecule has 2 unspecified atom stereocenters. The van der Waals surface area contributed by atoms with Gasteiger partial charge in [0.2, 0.25) is 0 Å². The molecule has 2 N–H and O–H groups in total. The fourth-order valence-corrected chi connectivity index (χ4v) is 3.62. The molecule has 2 rings (SSSR count). The Hall–Kier alpha value is -1.60. The van der Waals surface area contributed by atoms with E-state index in [1.54, 1.807) is 0 Å². The number of amides is 1. The zero-order chi connectivity index (χ0) is 15.3.